The Bertz CT molecular complexity index is 698. The zero-order valence-corrected chi connectivity index (χ0v) is 14.2. The van der Waals surface area contributed by atoms with Gasteiger partial charge in [-0.3, -0.25) is 4.79 Å². The lowest BCUT2D eigenvalue weighted by Crippen LogP contribution is -2.25. The van der Waals surface area contributed by atoms with Crippen LogP contribution in [0.25, 0.3) is 0 Å². The molecule has 0 fully saturated rings. The Morgan fingerprint density at radius 2 is 1.75 bits per heavy atom. The van der Waals surface area contributed by atoms with Crippen molar-refractivity contribution in [2.45, 2.75) is 25.3 Å². The summed E-state index contributed by atoms with van der Waals surface area (Å²) >= 11 is 0. The molecule has 0 amide bonds. The molecular weight excluding hydrogens is 306 g/mol. The largest absolute Gasteiger partial charge is 0.493 e. The molecule has 3 rings (SSSR count). The van der Waals surface area contributed by atoms with Gasteiger partial charge in [0.2, 0.25) is 0 Å². The molecule has 0 heterocycles. The first-order valence-electron chi connectivity index (χ1n) is 7.76. The van der Waals surface area contributed by atoms with E-state index in [9.17, 15) is 4.79 Å². The van der Waals surface area contributed by atoms with Gasteiger partial charge in [0, 0.05) is 6.04 Å². The summed E-state index contributed by atoms with van der Waals surface area (Å²) in [6.45, 7) is 1.98. The molecule has 0 aromatic heterocycles. The van der Waals surface area contributed by atoms with Crippen LogP contribution in [0.4, 0.5) is 0 Å². The van der Waals surface area contributed by atoms with Crippen molar-refractivity contribution in [2.24, 2.45) is 5.73 Å². The Morgan fingerprint density at radius 1 is 1.17 bits per heavy atom. The normalized spacial score (nSPS) is 15.9. The molecular formula is C19H23NO4. The Balaban J connectivity index is 0.000000198. The molecule has 1 aliphatic rings. The summed E-state index contributed by atoms with van der Waals surface area (Å²) in [5.74, 6) is 0.0665. The maximum atomic E-state index is 10.8. The maximum Gasteiger partial charge on any atom is 0.311 e. The van der Waals surface area contributed by atoms with Crippen molar-refractivity contribution in [1.82, 2.24) is 0 Å². The van der Waals surface area contributed by atoms with Crippen molar-refractivity contribution in [3.63, 3.8) is 0 Å². The minimum absolute atomic E-state index is 0.159. The van der Waals surface area contributed by atoms with E-state index < -0.39 is 5.97 Å². The molecule has 5 nitrogen and oxygen atoms in total. The highest BCUT2D eigenvalue weighted by Crippen LogP contribution is 2.42. The summed E-state index contributed by atoms with van der Waals surface area (Å²) in [6, 6.07) is 13.8. The second-order valence-electron chi connectivity index (χ2n) is 5.70. The topological polar surface area (TPSA) is 81.8 Å². The van der Waals surface area contributed by atoms with Gasteiger partial charge in [-0.1, -0.05) is 30.3 Å². The van der Waals surface area contributed by atoms with E-state index in [1.165, 1.54) is 5.56 Å². The zero-order chi connectivity index (χ0) is 17.7. The van der Waals surface area contributed by atoms with Gasteiger partial charge in [0.15, 0.2) is 11.5 Å². The predicted molar refractivity (Wildman–Crippen MR) is 92.7 cm³/mol. The molecule has 0 spiro atoms. The summed E-state index contributed by atoms with van der Waals surface area (Å²) < 4.78 is 10.2. The van der Waals surface area contributed by atoms with Crippen LogP contribution in [0.2, 0.25) is 0 Å². The number of rotatable bonds is 4. The second kappa shape index (κ2) is 7.84. The van der Waals surface area contributed by atoms with Crippen molar-refractivity contribution >= 4 is 5.97 Å². The number of carboxylic acid groups (broad SMARTS) is 1. The molecule has 0 radical (unpaired) electrons. The molecule has 2 atom stereocenters. The van der Waals surface area contributed by atoms with Gasteiger partial charge in [-0.25, -0.2) is 0 Å². The molecule has 128 valence electrons. The lowest BCUT2D eigenvalue weighted by atomic mass is 9.77. The summed E-state index contributed by atoms with van der Waals surface area (Å²) in [4.78, 5) is 10.8. The molecule has 1 aliphatic carbocycles. The number of carboxylic acids is 1. The first-order chi connectivity index (χ1) is 11.5. The van der Waals surface area contributed by atoms with Gasteiger partial charge in [0.05, 0.1) is 20.1 Å². The first-order valence-corrected chi connectivity index (χ1v) is 7.76. The van der Waals surface area contributed by atoms with E-state index in [-0.39, 0.29) is 12.0 Å². The molecule has 0 unspecified atom stereocenters. The lowest BCUT2D eigenvalue weighted by Gasteiger charge is -2.27. The average Bonchev–Trinajstić information content (AvgIpc) is 2.56. The van der Waals surface area contributed by atoms with Crippen LogP contribution < -0.4 is 15.2 Å². The first kappa shape index (κ1) is 17.8. The number of fused-ring (bicyclic) bond motifs is 1. The van der Waals surface area contributed by atoms with Crippen LogP contribution in [0.1, 0.15) is 35.6 Å². The SMILES string of the molecule is COc1cc2c(cc1OC)[C@@H](C(=O)O)C2.C[C@@H](N)c1ccccc1. The van der Waals surface area contributed by atoms with Crippen molar-refractivity contribution in [2.75, 3.05) is 14.2 Å². The van der Waals surface area contributed by atoms with Crippen LogP contribution in [0.15, 0.2) is 42.5 Å². The third-order valence-corrected chi connectivity index (χ3v) is 4.07. The number of carbonyl (C=O) groups is 1. The summed E-state index contributed by atoms with van der Waals surface area (Å²) in [6.07, 6.45) is 0.574. The van der Waals surface area contributed by atoms with Crippen LogP contribution in [-0.4, -0.2) is 25.3 Å². The molecule has 0 bridgehead atoms. The van der Waals surface area contributed by atoms with Crippen molar-refractivity contribution in [3.8, 4) is 11.5 Å². The molecule has 0 aliphatic heterocycles. The monoisotopic (exact) mass is 329 g/mol. The number of hydrogen-bond acceptors (Lipinski definition) is 4. The summed E-state index contributed by atoms with van der Waals surface area (Å²) in [5, 5.41) is 8.90. The van der Waals surface area contributed by atoms with Crippen LogP contribution >= 0.6 is 0 Å². The number of hydrogen-bond donors (Lipinski definition) is 2. The van der Waals surface area contributed by atoms with E-state index in [1.807, 2.05) is 43.3 Å². The third kappa shape index (κ3) is 3.86. The predicted octanol–water partition coefficient (Wildman–Crippen LogP) is 3.13. The minimum atomic E-state index is -0.783. The summed E-state index contributed by atoms with van der Waals surface area (Å²) in [5.41, 5.74) is 8.67. The van der Waals surface area contributed by atoms with Gasteiger partial charge < -0.3 is 20.3 Å². The van der Waals surface area contributed by atoms with E-state index >= 15 is 0 Å². The minimum Gasteiger partial charge on any atom is -0.493 e. The number of aliphatic carboxylic acids is 1. The van der Waals surface area contributed by atoms with Crippen LogP contribution in [0.5, 0.6) is 11.5 Å². The fourth-order valence-electron chi connectivity index (χ4n) is 2.61. The molecule has 0 saturated heterocycles. The smallest absolute Gasteiger partial charge is 0.311 e. The Morgan fingerprint density at radius 3 is 2.21 bits per heavy atom. The summed E-state index contributed by atoms with van der Waals surface area (Å²) in [7, 11) is 3.11. The number of nitrogens with two attached hydrogens (primary N) is 1. The van der Waals surface area contributed by atoms with Crippen molar-refractivity contribution in [3.05, 3.63) is 59.2 Å². The Hall–Kier alpha value is -2.53. The quantitative estimate of drug-likeness (QED) is 0.900. The standard InChI is InChI=1S/C11H12O4.C8H11N/c1-14-9-4-6-3-8(11(12)13)7(6)5-10(9)15-2;1-7(9)8-5-3-2-4-6-8/h4-5,8H,3H2,1-2H3,(H,12,13);2-7H,9H2,1H3/t8-;7-/m01/s1. The van der Waals surface area contributed by atoms with E-state index in [0.717, 1.165) is 11.1 Å². The van der Waals surface area contributed by atoms with E-state index in [1.54, 1.807) is 20.3 Å². The lowest BCUT2D eigenvalue weighted by molar-refractivity contribution is -0.139. The fraction of sp³-hybridized carbons (Fsp3) is 0.316. The highest BCUT2D eigenvalue weighted by molar-refractivity contribution is 5.81. The molecule has 3 N–H and O–H groups in total. The van der Waals surface area contributed by atoms with Crippen LogP contribution in [0.3, 0.4) is 0 Å². The highest BCUT2D eigenvalue weighted by Gasteiger charge is 2.33. The number of methoxy groups -OCH3 is 2. The van der Waals surface area contributed by atoms with E-state index in [4.69, 9.17) is 20.3 Å². The van der Waals surface area contributed by atoms with Gasteiger partial charge >= 0.3 is 5.97 Å². The number of ether oxygens (including phenoxy) is 2. The van der Waals surface area contributed by atoms with Gasteiger partial charge in [-0.2, -0.15) is 0 Å². The fourth-order valence-corrected chi connectivity index (χ4v) is 2.61. The van der Waals surface area contributed by atoms with Gasteiger partial charge in [-0.15, -0.1) is 0 Å². The van der Waals surface area contributed by atoms with Crippen molar-refractivity contribution < 1.29 is 19.4 Å². The molecule has 5 heteroatoms. The molecule has 24 heavy (non-hydrogen) atoms. The van der Waals surface area contributed by atoms with Gasteiger partial charge in [0.1, 0.15) is 0 Å². The highest BCUT2D eigenvalue weighted by atomic mass is 16.5. The number of benzene rings is 2. The van der Waals surface area contributed by atoms with Gasteiger partial charge in [-0.05, 0) is 42.2 Å². The zero-order valence-electron chi connectivity index (χ0n) is 14.2. The second-order valence-corrected chi connectivity index (χ2v) is 5.70. The van der Waals surface area contributed by atoms with Crippen LogP contribution in [0, 0.1) is 0 Å². The molecule has 2 aromatic rings. The third-order valence-electron chi connectivity index (χ3n) is 4.07. The molecule has 2 aromatic carbocycles. The van der Waals surface area contributed by atoms with Gasteiger partial charge in [0.25, 0.3) is 0 Å². The van der Waals surface area contributed by atoms with E-state index in [2.05, 4.69) is 0 Å². The molecule has 0 saturated carbocycles. The van der Waals surface area contributed by atoms with E-state index in [0.29, 0.717) is 17.9 Å². The average molecular weight is 329 g/mol. The Labute approximate surface area is 142 Å². The maximum absolute atomic E-state index is 10.8. The Kier molecular flexibility index (Phi) is 5.82. The van der Waals surface area contributed by atoms with Crippen LogP contribution in [-0.2, 0) is 11.2 Å². The van der Waals surface area contributed by atoms with Crippen molar-refractivity contribution in [1.29, 1.82) is 0 Å².